The number of ether oxygens (including phenoxy) is 1. The molecule has 6 nitrogen and oxygen atoms in total. The van der Waals surface area contributed by atoms with E-state index in [4.69, 9.17) is 4.74 Å². The molecule has 1 amide bonds. The van der Waals surface area contributed by atoms with Crippen LogP contribution in [0.25, 0.3) is 0 Å². The molecule has 0 aromatic heterocycles. The second kappa shape index (κ2) is 38.1. The number of aliphatic hydroxyl groups is 2. The zero-order valence-electron chi connectivity index (χ0n) is 33.1. The van der Waals surface area contributed by atoms with Crippen molar-refractivity contribution in [3.63, 3.8) is 0 Å². The molecule has 6 heteroatoms. The maximum absolute atomic E-state index is 13.0. The fourth-order valence-corrected chi connectivity index (χ4v) is 6.84. The van der Waals surface area contributed by atoms with E-state index >= 15 is 0 Å². The smallest absolute Gasteiger partial charge is 0.306 e. The number of hydrogen-bond donors (Lipinski definition) is 3. The quantitative estimate of drug-likeness (QED) is 0.0439. The van der Waals surface area contributed by atoms with Crippen LogP contribution in [0.4, 0.5) is 0 Å². The van der Waals surface area contributed by atoms with Gasteiger partial charge < -0.3 is 20.3 Å². The summed E-state index contributed by atoms with van der Waals surface area (Å²) >= 11 is 0. The average molecular weight is 696 g/mol. The van der Waals surface area contributed by atoms with Crippen LogP contribution in [0, 0.1) is 0 Å². The van der Waals surface area contributed by atoms with E-state index in [0.29, 0.717) is 19.3 Å². The summed E-state index contributed by atoms with van der Waals surface area (Å²) in [6, 6.07) is -0.689. The predicted molar refractivity (Wildman–Crippen MR) is 209 cm³/mol. The van der Waals surface area contributed by atoms with Gasteiger partial charge in [0.15, 0.2) is 0 Å². The summed E-state index contributed by atoms with van der Waals surface area (Å²) in [6.07, 6.45) is 37.4. The van der Waals surface area contributed by atoms with Crippen LogP contribution in [0.5, 0.6) is 0 Å². The minimum atomic E-state index is -0.776. The normalized spacial score (nSPS) is 13.3. The summed E-state index contributed by atoms with van der Waals surface area (Å²) in [5.41, 5.74) is 0. The lowest BCUT2D eigenvalue weighted by atomic mass is 10.0. The molecule has 0 saturated heterocycles. The van der Waals surface area contributed by atoms with Gasteiger partial charge in [-0.2, -0.15) is 0 Å². The van der Waals surface area contributed by atoms with E-state index in [2.05, 4.69) is 26.1 Å². The maximum atomic E-state index is 13.0. The fourth-order valence-electron chi connectivity index (χ4n) is 6.84. The van der Waals surface area contributed by atoms with Gasteiger partial charge in [0.2, 0.25) is 5.91 Å². The molecule has 0 aromatic rings. The van der Waals surface area contributed by atoms with Gasteiger partial charge in [-0.05, 0) is 25.7 Å². The largest absolute Gasteiger partial charge is 0.462 e. The molecule has 3 N–H and O–H groups in total. The van der Waals surface area contributed by atoms with Crippen molar-refractivity contribution in [3.8, 4) is 0 Å². The van der Waals surface area contributed by atoms with Gasteiger partial charge in [0.25, 0.3) is 0 Å². The fraction of sp³-hybridized carbons (Fsp3) is 0.953. The van der Waals surface area contributed by atoms with Gasteiger partial charge in [0.1, 0.15) is 6.10 Å². The highest BCUT2D eigenvalue weighted by Gasteiger charge is 2.24. The molecule has 0 spiro atoms. The lowest BCUT2D eigenvalue weighted by molar-refractivity contribution is -0.151. The SMILES string of the molecule is CCCCCCCCCCCCCCCC(O)C(CO)NC(=O)CC(CCCCCCCCC)OC(=O)CCCCCCCCCCCC. The number of esters is 1. The van der Waals surface area contributed by atoms with Crippen molar-refractivity contribution in [1.82, 2.24) is 5.32 Å². The molecule has 0 radical (unpaired) electrons. The standard InChI is InChI=1S/C43H85NO5/c1-4-7-10-13-16-18-20-21-22-23-26-29-32-35-41(46)40(38-45)44-42(47)37-39(34-31-28-25-15-12-9-6-3)49-43(48)36-33-30-27-24-19-17-14-11-8-5-2/h39-41,45-46H,4-38H2,1-3H3,(H,44,47). The van der Waals surface area contributed by atoms with Crippen LogP contribution in [0.15, 0.2) is 0 Å². The highest BCUT2D eigenvalue weighted by Crippen LogP contribution is 2.18. The van der Waals surface area contributed by atoms with Gasteiger partial charge in [-0.1, -0.05) is 201 Å². The Bertz CT molecular complexity index is 702. The van der Waals surface area contributed by atoms with Crippen molar-refractivity contribution >= 4 is 11.9 Å². The van der Waals surface area contributed by atoms with Gasteiger partial charge >= 0.3 is 5.97 Å². The molecule has 3 unspecified atom stereocenters. The molecular weight excluding hydrogens is 610 g/mol. The minimum Gasteiger partial charge on any atom is -0.462 e. The van der Waals surface area contributed by atoms with Gasteiger partial charge in [0, 0.05) is 6.42 Å². The van der Waals surface area contributed by atoms with E-state index in [1.807, 2.05) is 0 Å². The first-order valence-corrected chi connectivity index (χ1v) is 21.8. The van der Waals surface area contributed by atoms with Crippen molar-refractivity contribution in [1.29, 1.82) is 0 Å². The molecule has 0 rings (SSSR count). The van der Waals surface area contributed by atoms with Crippen LogP contribution in [0.2, 0.25) is 0 Å². The molecule has 0 fully saturated rings. The lowest BCUT2D eigenvalue weighted by Crippen LogP contribution is -2.46. The Morgan fingerprint density at radius 2 is 0.857 bits per heavy atom. The van der Waals surface area contributed by atoms with Crippen LogP contribution in [0.1, 0.15) is 239 Å². The van der Waals surface area contributed by atoms with Gasteiger partial charge in [-0.15, -0.1) is 0 Å². The summed E-state index contributed by atoms with van der Waals surface area (Å²) in [5, 5.41) is 23.5. The monoisotopic (exact) mass is 696 g/mol. The highest BCUT2D eigenvalue weighted by atomic mass is 16.5. The van der Waals surface area contributed by atoms with Crippen LogP contribution < -0.4 is 5.32 Å². The van der Waals surface area contributed by atoms with Crippen molar-refractivity contribution in [3.05, 3.63) is 0 Å². The number of unbranched alkanes of at least 4 members (excludes halogenated alkanes) is 27. The molecule has 3 atom stereocenters. The first-order chi connectivity index (χ1) is 24.0. The Kier molecular flexibility index (Phi) is 37.2. The number of hydrogen-bond acceptors (Lipinski definition) is 5. The third-order valence-electron chi connectivity index (χ3n) is 10.2. The number of carbonyl (C=O) groups excluding carboxylic acids is 2. The van der Waals surface area contributed by atoms with Crippen molar-refractivity contribution in [2.24, 2.45) is 0 Å². The second-order valence-corrected chi connectivity index (χ2v) is 15.1. The number of carbonyl (C=O) groups is 2. The highest BCUT2D eigenvalue weighted by molar-refractivity contribution is 5.77. The topological polar surface area (TPSA) is 95.9 Å². The van der Waals surface area contributed by atoms with Crippen LogP contribution >= 0.6 is 0 Å². The summed E-state index contributed by atoms with van der Waals surface area (Å²) in [6.45, 7) is 6.43. The summed E-state index contributed by atoms with van der Waals surface area (Å²) < 4.78 is 5.85. The van der Waals surface area contributed by atoms with Gasteiger partial charge in [0.05, 0.1) is 25.2 Å². The van der Waals surface area contributed by atoms with E-state index in [0.717, 1.165) is 44.9 Å². The zero-order chi connectivity index (χ0) is 36.0. The minimum absolute atomic E-state index is 0.0849. The van der Waals surface area contributed by atoms with Crippen molar-refractivity contribution in [2.75, 3.05) is 6.61 Å². The Balaban J connectivity index is 4.42. The number of amides is 1. The Morgan fingerprint density at radius 3 is 1.24 bits per heavy atom. The van der Waals surface area contributed by atoms with Gasteiger partial charge in [-0.3, -0.25) is 9.59 Å². The molecule has 0 bridgehead atoms. The average Bonchev–Trinajstić information content (AvgIpc) is 3.09. The Labute approximate surface area is 305 Å². The first-order valence-electron chi connectivity index (χ1n) is 21.8. The van der Waals surface area contributed by atoms with Crippen molar-refractivity contribution in [2.45, 2.75) is 257 Å². The lowest BCUT2D eigenvalue weighted by Gasteiger charge is -2.24. The van der Waals surface area contributed by atoms with E-state index in [-0.39, 0.29) is 24.9 Å². The second-order valence-electron chi connectivity index (χ2n) is 15.1. The predicted octanol–water partition coefficient (Wildman–Crippen LogP) is 12.1. The zero-order valence-corrected chi connectivity index (χ0v) is 33.1. The number of nitrogens with one attached hydrogen (secondary N) is 1. The number of rotatable bonds is 39. The van der Waals surface area contributed by atoms with E-state index in [1.54, 1.807) is 0 Å². The van der Waals surface area contributed by atoms with Crippen molar-refractivity contribution < 1.29 is 24.5 Å². The Hall–Kier alpha value is -1.14. The molecule has 0 aliphatic rings. The summed E-state index contributed by atoms with van der Waals surface area (Å²) in [7, 11) is 0. The molecule has 0 heterocycles. The molecule has 49 heavy (non-hydrogen) atoms. The third-order valence-corrected chi connectivity index (χ3v) is 10.2. The summed E-state index contributed by atoms with van der Waals surface area (Å²) in [4.78, 5) is 25.8. The maximum Gasteiger partial charge on any atom is 0.306 e. The van der Waals surface area contributed by atoms with E-state index in [1.165, 1.54) is 148 Å². The van der Waals surface area contributed by atoms with E-state index in [9.17, 15) is 19.8 Å². The molecule has 292 valence electrons. The third kappa shape index (κ3) is 33.7. The molecule has 0 aliphatic heterocycles. The van der Waals surface area contributed by atoms with Crippen LogP contribution in [-0.2, 0) is 14.3 Å². The summed E-state index contributed by atoms with van der Waals surface area (Å²) in [5.74, 6) is -0.468. The van der Waals surface area contributed by atoms with Gasteiger partial charge in [-0.25, -0.2) is 0 Å². The number of aliphatic hydroxyl groups excluding tert-OH is 2. The van der Waals surface area contributed by atoms with Crippen LogP contribution in [-0.4, -0.2) is 46.9 Å². The van der Waals surface area contributed by atoms with Crippen LogP contribution in [0.3, 0.4) is 0 Å². The Morgan fingerprint density at radius 1 is 0.510 bits per heavy atom. The van der Waals surface area contributed by atoms with E-state index < -0.39 is 18.2 Å². The molecular formula is C43H85NO5. The first kappa shape index (κ1) is 47.9. The molecule has 0 aliphatic carbocycles. The molecule has 0 saturated carbocycles. The molecule has 0 aromatic carbocycles.